The van der Waals surface area contributed by atoms with E-state index in [2.05, 4.69) is 15.3 Å². The largest absolute Gasteiger partial charge is 0.365 e. The van der Waals surface area contributed by atoms with Gasteiger partial charge in [-0.25, -0.2) is 9.97 Å². The molecule has 3 aromatic rings. The Morgan fingerprint density at radius 2 is 2.00 bits per heavy atom. The third kappa shape index (κ3) is 4.24. The fraction of sp³-hybridized carbons (Fsp3) is 0.125. The smallest absolute Gasteiger partial charge is 0.260 e. The van der Waals surface area contributed by atoms with Crippen LogP contribution >= 0.6 is 22.7 Å². The lowest BCUT2D eigenvalue weighted by Crippen LogP contribution is -2.14. The van der Waals surface area contributed by atoms with Crippen LogP contribution in [-0.4, -0.2) is 21.8 Å². The molecule has 0 spiro atoms. The molecule has 1 aromatic carbocycles. The topological polar surface area (TPSA) is 98.0 Å². The summed E-state index contributed by atoms with van der Waals surface area (Å²) in [4.78, 5) is 31.8. The normalized spacial score (nSPS) is 10.5. The van der Waals surface area contributed by atoms with Crippen molar-refractivity contribution in [3.05, 3.63) is 63.1 Å². The van der Waals surface area contributed by atoms with Gasteiger partial charge in [-0.2, -0.15) is 0 Å². The van der Waals surface area contributed by atoms with E-state index in [4.69, 9.17) is 5.73 Å². The van der Waals surface area contributed by atoms with Crippen molar-refractivity contribution in [2.75, 3.05) is 5.32 Å². The highest BCUT2D eigenvalue weighted by molar-refractivity contribution is 7.17. The van der Waals surface area contributed by atoms with Gasteiger partial charge in [0.25, 0.3) is 5.91 Å². The SMILES string of the molecule is NC(=O)c1cnc(NC(=O)Cc2csc(Cc3ccccc3)n2)s1. The molecule has 0 aliphatic carbocycles. The van der Waals surface area contributed by atoms with Gasteiger partial charge in [0.15, 0.2) is 5.13 Å². The fourth-order valence-corrected chi connectivity index (χ4v) is 3.57. The first-order chi connectivity index (χ1) is 11.6. The minimum atomic E-state index is -0.557. The van der Waals surface area contributed by atoms with Gasteiger partial charge in [-0.15, -0.1) is 11.3 Å². The maximum Gasteiger partial charge on any atom is 0.260 e. The number of anilines is 1. The minimum Gasteiger partial charge on any atom is -0.365 e. The molecular weight excluding hydrogens is 344 g/mol. The number of carbonyl (C=O) groups is 2. The number of carbonyl (C=O) groups excluding carboxylic acids is 2. The second-order valence-corrected chi connectivity index (χ2v) is 6.99. The standard InChI is InChI=1S/C16H14N4O2S2/c17-15(22)12-8-18-16(24-12)20-13(21)7-11-9-23-14(19-11)6-10-4-2-1-3-5-10/h1-5,8-9H,6-7H2,(H2,17,22)(H,18,20,21). The number of primary amides is 1. The summed E-state index contributed by atoms with van der Waals surface area (Å²) >= 11 is 2.59. The third-order valence-electron chi connectivity index (χ3n) is 3.13. The van der Waals surface area contributed by atoms with Crippen molar-refractivity contribution in [1.29, 1.82) is 0 Å². The lowest BCUT2D eigenvalue weighted by Gasteiger charge is -1.99. The molecule has 0 aliphatic rings. The first kappa shape index (κ1) is 16.3. The van der Waals surface area contributed by atoms with Gasteiger partial charge in [-0.05, 0) is 5.56 Å². The Morgan fingerprint density at radius 1 is 1.21 bits per heavy atom. The first-order valence-corrected chi connectivity index (χ1v) is 8.82. The Labute approximate surface area is 146 Å². The Bertz CT molecular complexity index is 858. The van der Waals surface area contributed by atoms with Crippen LogP contribution in [0.4, 0.5) is 5.13 Å². The number of thiazole rings is 2. The van der Waals surface area contributed by atoms with Crippen LogP contribution < -0.4 is 11.1 Å². The van der Waals surface area contributed by atoms with Gasteiger partial charge < -0.3 is 11.1 Å². The zero-order valence-electron chi connectivity index (χ0n) is 12.6. The number of rotatable bonds is 6. The molecule has 122 valence electrons. The second-order valence-electron chi connectivity index (χ2n) is 5.01. The molecule has 3 N–H and O–H groups in total. The zero-order valence-corrected chi connectivity index (χ0v) is 14.2. The molecule has 3 rings (SSSR count). The number of nitrogens with one attached hydrogen (secondary N) is 1. The monoisotopic (exact) mass is 358 g/mol. The van der Waals surface area contributed by atoms with Crippen LogP contribution in [0.25, 0.3) is 0 Å². The van der Waals surface area contributed by atoms with Crippen molar-refractivity contribution in [1.82, 2.24) is 9.97 Å². The van der Waals surface area contributed by atoms with Gasteiger partial charge in [-0.1, -0.05) is 41.7 Å². The Hall–Kier alpha value is -2.58. The van der Waals surface area contributed by atoms with Crippen LogP contribution in [0.15, 0.2) is 41.9 Å². The van der Waals surface area contributed by atoms with E-state index >= 15 is 0 Å². The van der Waals surface area contributed by atoms with E-state index in [0.29, 0.717) is 10.0 Å². The Balaban J connectivity index is 1.57. The van der Waals surface area contributed by atoms with Crippen molar-refractivity contribution in [3.8, 4) is 0 Å². The number of amides is 2. The van der Waals surface area contributed by atoms with Gasteiger partial charge >= 0.3 is 0 Å². The summed E-state index contributed by atoms with van der Waals surface area (Å²) in [5.41, 5.74) is 7.06. The number of benzene rings is 1. The average molecular weight is 358 g/mol. The molecule has 0 bridgehead atoms. The summed E-state index contributed by atoms with van der Waals surface area (Å²) < 4.78 is 0. The quantitative estimate of drug-likeness (QED) is 0.707. The third-order valence-corrected chi connectivity index (χ3v) is 4.96. The molecule has 0 radical (unpaired) electrons. The molecule has 2 heterocycles. The summed E-state index contributed by atoms with van der Waals surface area (Å²) in [6.45, 7) is 0. The molecule has 6 nitrogen and oxygen atoms in total. The number of hydrogen-bond donors (Lipinski definition) is 2. The van der Waals surface area contributed by atoms with Crippen LogP contribution in [0.1, 0.15) is 25.9 Å². The zero-order chi connectivity index (χ0) is 16.9. The van der Waals surface area contributed by atoms with Crippen molar-refractivity contribution < 1.29 is 9.59 Å². The highest BCUT2D eigenvalue weighted by Gasteiger charge is 2.12. The first-order valence-electron chi connectivity index (χ1n) is 7.13. The molecule has 0 fully saturated rings. The molecule has 2 amide bonds. The van der Waals surface area contributed by atoms with Gasteiger partial charge in [-0.3, -0.25) is 9.59 Å². The summed E-state index contributed by atoms with van der Waals surface area (Å²) in [7, 11) is 0. The predicted molar refractivity (Wildman–Crippen MR) is 94.3 cm³/mol. The summed E-state index contributed by atoms with van der Waals surface area (Å²) in [5, 5.41) is 5.86. The number of aromatic nitrogens is 2. The van der Waals surface area contributed by atoms with Crippen molar-refractivity contribution in [3.63, 3.8) is 0 Å². The summed E-state index contributed by atoms with van der Waals surface area (Å²) in [6, 6.07) is 10.1. The fourth-order valence-electron chi connectivity index (χ4n) is 2.06. The van der Waals surface area contributed by atoms with Gasteiger partial charge in [0.1, 0.15) is 4.88 Å². The van der Waals surface area contributed by atoms with Gasteiger partial charge in [0.05, 0.1) is 23.3 Å². The predicted octanol–water partition coefficient (Wildman–Crippen LogP) is 2.47. The number of nitrogens with zero attached hydrogens (tertiary/aromatic N) is 2. The molecule has 0 unspecified atom stereocenters. The van der Waals surface area contributed by atoms with E-state index in [0.717, 1.165) is 28.5 Å². The van der Waals surface area contributed by atoms with Crippen LogP contribution in [0, 0.1) is 0 Å². The Morgan fingerprint density at radius 3 is 2.71 bits per heavy atom. The van der Waals surface area contributed by atoms with Crippen LogP contribution in [0.3, 0.4) is 0 Å². The van der Waals surface area contributed by atoms with E-state index in [1.54, 1.807) is 0 Å². The summed E-state index contributed by atoms with van der Waals surface area (Å²) in [6.07, 6.45) is 2.27. The van der Waals surface area contributed by atoms with Crippen LogP contribution in [0.2, 0.25) is 0 Å². The molecular formula is C16H14N4O2S2. The van der Waals surface area contributed by atoms with Gasteiger partial charge in [0.2, 0.25) is 5.91 Å². The molecule has 0 atom stereocenters. The molecule has 0 aliphatic heterocycles. The maximum absolute atomic E-state index is 12.0. The lowest BCUT2D eigenvalue weighted by molar-refractivity contribution is -0.115. The lowest BCUT2D eigenvalue weighted by atomic mass is 10.2. The molecule has 0 saturated carbocycles. The van der Waals surface area contributed by atoms with E-state index in [1.807, 2.05) is 35.7 Å². The van der Waals surface area contributed by atoms with Crippen molar-refractivity contribution in [2.24, 2.45) is 5.73 Å². The number of nitrogens with two attached hydrogens (primary N) is 1. The van der Waals surface area contributed by atoms with Crippen LogP contribution in [0.5, 0.6) is 0 Å². The molecule has 8 heteroatoms. The van der Waals surface area contributed by atoms with Gasteiger partial charge in [0, 0.05) is 11.8 Å². The van der Waals surface area contributed by atoms with Crippen molar-refractivity contribution in [2.45, 2.75) is 12.8 Å². The number of hydrogen-bond acceptors (Lipinski definition) is 6. The molecule has 2 aromatic heterocycles. The molecule has 24 heavy (non-hydrogen) atoms. The summed E-state index contributed by atoms with van der Waals surface area (Å²) in [5.74, 6) is -0.782. The van der Waals surface area contributed by atoms with E-state index in [1.165, 1.54) is 23.1 Å². The van der Waals surface area contributed by atoms with Crippen molar-refractivity contribution >= 4 is 39.6 Å². The molecule has 0 saturated heterocycles. The van der Waals surface area contributed by atoms with E-state index < -0.39 is 5.91 Å². The highest BCUT2D eigenvalue weighted by Crippen LogP contribution is 2.19. The Kier molecular flexibility index (Phi) is 4.97. The second kappa shape index (κ2) is 7.33. The van der Waals surface area contributed by atoms with E-state index in [9.17, 15) is 9.59 Å². The van der Waals surface area contributed by atoms with Crippen LogP contribution in [-0.2, 0) is 17.6 Å². The van der Waals surface area contributed by atoms with E-state index in [-0.39, 0.29) is 12.3 Å². The minimum absolute atomic E-state index is 0.163. The maximum atomic E-state index is 12.0. The average Bonchev–Trinajstić information content (AvgIpc) is 3.18. The highest BCUT2D eigenvalue weighted by atomic mass is 32.1.